The van der Waals surface area contributed by atoms with Gasteiger partial charge in [-0.1, -0.05) is 23.7 Å². The molecule has 0 aliphatic rings. The monoisotopic (exact) mass is 380 g/mol. The molecule has 2 rings (SSSR count). The van der Waals surface area contributed by atoms with Crippen molar-refractivity contribution in [2.75, 3.05) is 32.6 Å². The van der Waals surface area contributed by atoms with Crippen molar-refractivity contribution in [2.45, 2.75) is 12.8 Å². The van der Waals surface area contributed by atoms with Crippen LogP contribution >= 0.6 is 11.6 Å². The number of amides is 1. The van der Waals surface area contributed by atoms with E-state index in [1.54, 1.807) is 24.3 Å². The lowest BCUT2D eigenvalue weighted by atomic mass is 10.1. The second kappa shape index (κ2) is 9.99. The standard InChI is InChI=1S/C19H22ClFN2O3/c1-25-17-12-16(18(26-2)11-15(17)20)23-19(24)8-10-22-9-7-13-3-5-14(21)6-4-13/h3-6,11-12,22H,7-10H2,1-2H3,(H,23,24). The van der Waals surface area contributed by atoms with Gasteiger partial charge in [0, 0.05) is 25.1 Å². The maximum absolute atomic E-state index is 12.8. The first-order chi connectivity index (χ1) is 12.5. The van der Waals surface area contributed by atoms with Crippen LogP contribution in [0.4, 0.5) is 10.1 Å². The maximum Gasteiger partial charge on any atom is 0.225 e. The average Bonchev–Trinajstić information content (AvgIpc) is 2.64. The van der Waals surface area contributed by atoms with E-state index in [0.29, 0.717) is 41.7 Å². The van der Waals surface area contributed by atoms with Crippen molar-refractivity contribution in [3.63, 3.8) is 0 Å². The van der Waals surface area contributed by atoms with Gasteiger partial charge in [0.1, 0.15) is 17.3 Å². The summed E-state index contributed by atoms with van der Waals surface area (Å²) in [5, 5.41) is 6.40. The van der Waals surface area contributed by atoms with E-state index in [2.05, 4.69) is 10.6 Å². The number of anilines is 1. The van der Waals surface area contributed by atoms with Crippen molar-refractivity contribution >= 4 is 23.2 Å². The Morgan fingerprint density at radius 1 is 1.08 bits per heavy atom. The van der Waals surface area contributed by atoms with Gasteiger partial charge in [0.15, 0.2) is 0 Å². The predicted octanol–water partition coefficient (Wildman–Crippen LogP) is 3.66. The highest BCUT2D eigenvalue weighted by Crippen LogP contribution is 2.35. The molecule has 0 heterocycles. The summed E-state index contributed by atoms with van der Waals surface area (Å²) in [7, 11) is 3.01. The molecule has 5 nitrogen and oxygen atoms in total. The second-order valence-corrected chi connectivity index (χ2v) is 6.02. The van der Waals surface area contributed by atoms with Crippen molar-refractivity contribution in [3.8, 4) is 11.5 Å². The molecule has 0 aliphatic heterocycles. The van der Waals surface area contributed by atoms with E-state index >= 15 is 0 Å². The number of carbonyl (C=O) groups excluding carboxylic acids is 1. The summed E-state index contributed by atoms with van der Waals surface area (Å²) in [4.78, 5) is 12.1. The lowest BCUT2D eigenvalue weighted by Gasteiger charge is -2.13. The van der Waals surface area contributed by atoms with E-state index in [-0.39, 0.29) is 11.7 Å². The van der Waals surface area contributed by atoms with Gasteiger partial charge in [-0.05, 0) is 30.7 Å². The highest BCUT2D eigenvalue weighted by atomic mass is 35.5. The first-order valence-corrected chi connectivity index (χ1v) is 8.58. The molecule has 0 saturated heterocycles. The zero-order chi connectivity index (χ0) is 18.9. The molecule has 7 heteroatoms. The van der Waals surface area contributed by atoms with E-state index in [9.17, 15) is 9.18 Å². The van der Waals surface area contributed by atoms with Gasteiger partial charge in [-0.15, -0.1) is 0 Å². The van der Waals surface area contributed by atoms with Crippen LogP contribution in [-0.2, 0) is 11.2 Å². The largest absolute Gasteiger partial charge is 0.495 e. The van der Waals surface area contributed by atoms with Crippen molar-refractivity contribution < 1.29 is 18.7 Å². The van der Waals surface area contributed by atoms with Crippen LogP contribution in [0.25, 0.3) is 0 Å². The Hall–Kier alpha value is -2.31. The van der Waals surface area contributed by atoms with Gasteiger partial charge < -0.3 is 20.1 Å². The molecule has 2 aromatic rings. The molecular weight excluding hydrogens is 359 g/mol. The third-order valence-electron chi connectivity index (χ3n) is 3.78. The number of methoxy groups -OCH3 is 2. The Labute approximate surface area is 157 Å². The first kappa shape index (κ1) is 20.0. The van der Waals surface area contributed by atoms with Crippen LogP contribution in [0.1, 0.15) is 12.0 Å². The number of hydrogen-bond donors (Lipinski definition) is 2. The normalized spacial score (nSPS) is 10.5. The number of ether oxygens (including phenoxy) is 2. The molecule has 2 N–H and O–H groups in total. The van der Waals surface area contributed by atoms with Crippen LogP contribution in [0, 0.1) is 5.82 Å². The summed E-state index contributed by atoms with van der Waals surface area (Å²) in [6, 6.07) is 9.61. The van der Waals surface area contributed by atoms with Crippen LogP contribution in [-0.4, -0.2) is 33.2 Å². The molecule has 0 bridgehead atoms. The summed E-state index contributed by atoms with van der Waals surface area (Å²) in [6.45, 7) is 1.23. The number of benzene rings is 2. The number of nitrogens with one attached hydrogen (secondary N) is 2. The van der Waals surface area contributed by atoms with Crippen molar-refractivity contribution in [2.24, 2.45) is 0 Å². The third-order valence-corrected chi connectivity index (χ3v) is 4.08. The third kappa shape index (κ3) is 5.89. The van der Waals surface area contributed by atoms with Crippen LogP contribution in [0.15, 0.2) is 36.4 Å². The van der Waals surface area contributed by atoms with Crippen molar-refractivity contribution in [3.05, 3.63) is 52.8 Å². The number of halogens is 2. The van der Waals surface area contributed by atoms with Gasteiger partial charge in [0.25, 0.3) is 0 Å². The van der Waals surface area contributed by atoms with Crippen LogP contribution in [0.2, 0.25) is 5.02 Å². The van der Waals surface area contributed by atoms with Gasteiger partial charge in [0.2, 0.25) is 5.91 Å². The fourth-order valence-corrected chi connectivity index (χ4v) is 2.61. The SMILES string of the molecule is COc1cc(NC(=O)CCNCCc2ccc(F)cc2)c(OC)cc1Cl. The minimum atomic E-state index is -0.243. The molecule has 0 aromatic heterocycles. The van der Waals surface area contributed by atoms with E-state index in [0.717, 1.165) is 12.0 Å². The second-order valence-electron chi connectivity index (χ2n) is 5.61. The zero-order valence-electron chi connectivity index (χ0n) is 14.8. The van der Waals surface area contributed by atoms with Gasteiger partial charge in [-0.2, -0.15) is 0 Å². The lowest BCUT2D eigenvalue weighted by molar-refractivity contribution is -0.116. The quantitative estimate of drug-likeness (QED) is 0.652. The van der Waals surface area contributed by atoms with Crippen LogP contribution in [0.5, 0.6) is 11.5 Å². The van der Waals surface area contributed by atoms with Crippen LogP contribution < -0.4 is 20.1 Å². The summed E-state index contributed by atoms with van der Waals surface area (Å²) >= 11 is 6.05. The summed E-state index contributed by atoms with van der Waals surface area (Å²) < 4.78 is 23.2. The number of carbonyl (C=O) groups is 1. The molecule has 26 heavy (non-hydrogen) atoms. The van der Waals surface area contributed by atoms with E-state index in [4.69, 9.17) is 21.1 Å². The molecule has 1 amide bonds. The molecule has 0 unspecified atom stereocenters. The van der Waals surface area contributed by atoms with E-state index in [1.165, 1.54) is 26.4 Å². The Bertz CT molecular complexity index is 738. The lowest BCUT2D eigenvalue weighted by Crippen LogP contribution is -2.23. The average molecular weight is 381 g/mol. The fourth-order valence-electron chi connectivity index (χ4n) is 2.38. The summed E-state index contributed by atoms with van der Waals surface area (Å²) in [5.41, 5.74) is 1.55. The maximum atomic E-state index is 12.8. The number of hydrogen-bond acceptors (Lipinski definition) is 4. The summed E-state index contributed by atoms with van der Waals surface area (Å²) in [6.07, 6.45) is 1.07. The molecular formula is C19H22ClFN2O3. The van der Waals surface area contributed by atoms with Gasteiger partial charge in [0.05, 0.1) is 24.9 Å². The highest BCUT2D eigenvalue weighted by molar-refractivity contribution is 6.32. The molecule has 0 atom stereocenters. The topological polar surface area (TPSA) is 59.6 Å². The van der Waals surface area contributed by atoms with Crippen molar-refractivity contribution in [1.29, 1.82) is 0 Å². The predicted molar refractivity (Wildman–Crippen MR) is 101 cm³/mol. The smallest absolute Gasteiger partial charge is 0.225 e. The molecule has 2 aromatic carbocycles. The summed E-state index contributed by atoms with van der Waals surface area (Å²) in [5.74, 6) is 0.531. The fraction of sp³-hybridized carbons (Fsp3) is 0.316. The zero-order valence-corrected chi connectivity index (χ0v) is 15.5. The molecule has 0 saturated carbocycles. The molecule has 0 spiro atoms. The van der Waals surface area contributed by atoms with Crippen molar-refractivity contribution in [1.82, 2.24) is 5.32 Å². The molecule has 0 aliphatic carbocycles. The Morgan fingerprint density at radius 2 is 1.77 bits per heavy atom. The first-order valence-electron chi connectivity index (χ1n) is 8.20. The van der Waals surface area contributed by atoms with E-state index < -0.39 is 0 Å². The van der Waals surface area contributed by atoms with Gasteiger partial charge in [-0.25, -0.2) is 4.39 Å². The molecule has 140 valence electrons. The van der Waals surface area contributed by atoms with Crippen LogP contribution in [0.3, 0.4) is 0 Å². The van der Waals surface area contributed by atoms with E-state index in [1.807, 2.05) is 0 Å². The van der Waals surface area contributed by atoms with Gasteiger partial charge in [-0.3, -0.25) is 4.79 Å². The number of rotatable bonds is 9. The molecule has 0 fully saturated rings. The highest BCUT2D eigenvalue weighted by Gasteiger charge is 2.12. The minimum absolute atomic E-state index is 0.151. The Morgan fingerprint density at radius 3 is 2.42 bits per heavy atom. The molecule has 0 radical (unpaired) electrons. The van der Waals surface area contributed by atoms with Gasteiger partial charge >= 0.3 is 0 Å². The Balaban J connectivity index is 1.77. The minimum Gasteiger partial charge on any atom is -0.495 e. The Kier molecular flexibility index (Phi) is 7.69.